The molecule has 1 nitrogen and oxygen atoms in total. The number of hydrogen-bond donors (Lipinski definition) is 0. The molecule has 0 saturated heterocycles. The van der Waals surface area contributed by atoms with E-state index in [2.05, 4.69) is 35.2 Å². The molecule has 0 heterocycles. The van der Waals surface area contributed by atoms with Crippen LogP contribution in [0.3, 0.4) is 0 Å². The standard InChI is InChI=1S/C16H23N/c1-17-15-11-6-4-2-3-5-8-12-16-13-9-7-10-14-16/h7,9-10,13-14H,2-6,8,11-12,15H2. The van der Waals surface area contributed by atoms with Gasteiger partial charge in [0.15, 0.2) is 0 Å². The molecular weight excluding hydrogens is 206 g/mol. The third-order valence-electron chi connectivity index (χ3n) is 3.08. The summed E-state index contributed by atoms with van der Waals surface area (Å²) in [5, 5.41) is 0. The molecule has 0 aliphatic rings. The van der Waals surface area contributed by atoms with E-state index in [0.717, 1.165) is 6.42 Å². The van der Waals surface area contributed by atoms with E-state index in [-0.39, 0.29) is 0 Å². The Bertz CT molecular complexity index is 310. The maximum Gasteiger partial charge on any atom is 0.214 e. The maximum atomic E-state index is 6.68. The van der Waals surface area contributed by atoms with Gasteiger partial charge in [0.2, 0.25) is 6.54 Å². The summed E-state index contributed by atoms with van der Waals surface area (Å²) in [6.07, 6.45) is 10.2. The van der Waals surface area contributed by atoms with Crippen LogP contribution in [0.4, 0.5) is 0 Å². The summed E-state index contributed by atoms with van der Waals surface area (Å²) in [6.45, 7) is 7.40. The van der Waals surface area contributed by atoms with E-state index in [1.54, 1.807) is 0 Å². The van der Waals surface area contributed by atoms with Gasteiger partial charge in [-0.05, 0) is 24.8 Å². The van der Waals surface area contributed by atoms with Gasteiger partial charge in [-0.2, -0.15) is 0 Å². The fraction of sp³-hybridized carbons (Fsp3) is 0.562. The molecule has 1 heteroatoms. The van der Waals surface area contributed by atoms with Crippen molar-refractivity contribution >= 4 is 0 Å². The highest BCUT2D eigenvalue weighted by Crippen LogP contribution is 2.10. The van der Waals surface area contributed by atoms with E-state index >= 15 is 0 Å². The Kier molecular flexibility index (Phi) is 8.02. The average Bonchev–Trinajstić information content (AvgIpc) is 2.38. The van der Waals surface area contributed by atoms with Gasteiger partial charge in [0.25, 0.3) is 0 Å². The van der Waals surface area contributed by atoms with Gasteiger partial charge in [0.05, 0.1) is 0 Å². The summed E-state index contributed by atoms with van der Waals surface area (Å²) in [5.41, 5.74) is 1.46. The first-order chi connectivity index (χ1) is 8.43. The summed E-state index contributed by atoms with van der Waals surface area (Å²) in [6, 6.07) is 10.7. The predicted octanol–water partition coefficient (Wildman–Crippen LogP) is 4.88. The minimum Gasteiger partial charge on any atom is -0.317 e. The summed E-state index contributed by atoms with van der Waals surface area (Å²) >= 11 is 0. The van der Waals surface area contributed by atoms with Crippen molar-refractivity contribution in [2.75, 3.05) is 6.54 Å². The van der Waals surface area contributed by atoms with Crippen LogP contribution in [0.25, 0.3) is 4.85 Å². The lowest BCUT2D eigenvalue weighted by atomic mass is 10.0. The normalized spacial score (nSPS) is 10.1. The van der Waals surface area contributed by atoms with Crippen LogP contribution in [0, 0.1) is 6.57 Å². The van der Waals surface area contributed by atoms with E-state index < -0.39 is 0 Å². The molecule has 92 valence electrons. The Hall–Kier alpha value is -1.29. The van der Waals surface area contributed by atoms with Gasteiger partial charge in [-0.25, -0.2) is 6.57 Å². The Morgan fingerprint density at radius 2 is 1.35 bits per heavy atom. The molecule has 0 aliphatic carbocycles. The molecule has 1 aromatic rings. The van der Waals surface area contributed by atoms with Crippen molar-refractivity contribution in [3.8, 4) is 0 Å². The summed E-state index contributed by atoms with van der Waals surface area (Å²) in [7, 11) is 0. The second-order valence-electron chi connectivity index (χ2n) is 4.59. The van der Waals surface area contributed by atoms with E-state index in [0.29, 0.717) is 6.54 Å². The maximum absolute atomic E-state index is 6.68. The molecule has 0 saturated carbocycles. The first-order valence-electron chi connectivity index (χ1n) is 6.80. The molecule has 0 N–H and O–H groups in total. The smallest absolute Gasteiger partial charge is 0.214 e. The van der Waals surface area contributed by atoms with E-state index in [9.17, 15) is 0 Å². The lowest BCUT2D eigenvalue weighted by Gasteiger charge is -2.01. The average molecular weight is 229 g/mol. The molecule has 0 bridgehead atoms. The van der Waals surface area contributed by atoms with E-state index in [1.807, 2.05) is 0 Å². The third kappa shape index (κ3) is 7.58. The van der Waals surface area contributed by atoms with Crippen molar-refractivity contribution < 1.29 is 0 Å². The van der Waals surface area contributed by atoms with Crippen molar-refractivity contribution in [2.45, 2.75) is 51.4 Å². The van der Waals surface area contributed by atoms with Crippen LogP contribution in [0.15, 0.2) is 30.3 Å². The van der Waals surface area contributed by atoms with Crippen molar-refractivity contribution in [3.63, 3.8) is 0 Å². The lowest BCUT2D eigenvalue weighted by Crippen LogP contribution is -1.86. The highest BCUT2D eigenvalue weighted by atomic mass is 14.6. The number of nitrogens with zero attached hydrogens (tertiary/aromatic N) is 1. The monoisotopic (exact) mass is 229 g/mol. The molecule has 0 atom stereocenters. The quantitative estimate of drug-likeness (QED) is 0.420. The molecule has 17 heavy (non-hydrogen) atoms. The Morgan fingerprint density at radius 1 is 0.765 bits per heavy atom. The Morgan fingerprint density at radius 3 is 2.00 bits per heavy atom. The van der Waals surface area contributed by atoms with Crippen LogP contribution in [0.5, 0.6) is 0 Å². The fourth-order valence-electron chi connectivity index (χ4n) is 2.05. The number of hydrogen-bond acceptors (Lipinski definition) is 0. The van der Waals surface area contributed by atoms with Gasteiger partial charge in [-0.15, -0.1) is 0 Å². The van der Waals surface area contributed by atoms with Crippen molar-refractivity contribution in [1.29, 1.82) is 0 Å². The molecular formula is C16H23N. The summed E-state index contributed by atoms with van der Waals surface area (Å²) < 4.78 is 0. The second kappa shape index (κ2) is 9.90. The highest BCUT2D eigenvalue weighted by molar-refractivity contribution is 5.14. The number of rotatable bonds is 9. The summed E-state index contributed by atoms with van der Waals surface area (Å²) in [4.78, 5) is 3.37. The number of benzene rings is 1. The number of unbranched alkanes of at least 4 members (excludes halogenated alkanes) is 6. The molecule has 0 fully saturated rings. The molecule has 0 spiro atoms. The molecule has 0 aromatic heterocycles. The Labute approximate surface area is 106 Å². The van der Waals surface area contributed by atoms with Crippen LogP contribution in [-0.4, -0.2) is 6.54 Å². The summed E-state index contributed by atoms with van der Waals surface area (Å²) in [5.74, 6) is 0. The van der Waals surface area contributed by atoms with Crippen molar-refractivity contribution in [2.24, 2.45) is 0 Å². The SMILES string of the molecule is [C-]#[N+]CCCCCCCCCc1ccccc1. The zero-order chi connectivity index (χ0) is 12.2. The molecule has 1 aromatic carbocycles. The van der Waals surface area contributed by atoms with Gasteiger partial charge >= 0.3 is 0 Å². The van der Waals surface area contributed by atoms with Crippen LogP contribution in [-0.2, 0) is 6.42 Å². The minimum absolute atomic E-state index is 0.716. The third-order valence-corrected chi connectivity index (χ3v) is 3.08. The van der Waals surface area contributed by atoms with Gasteiger partial charge in [0, 0.05) is 6.42 Å². The zero-order valence-electron chi connectivity index (χ0n) is 10.7. The van der Waals surface area contributed by atoms with Crippen LogP contribution < -0.4 is 0 Å². The van der Waals surface area contributed by atoms with E-state index in [4.69, 9.17) is 6.57 Å². The molecule has 0 unspecified atom stereocenters. The molecule has 1 rings (SSSR count). The van der Waals surface area contributed by atoms with Gasteiger partial charge in [0.1, 0.15) is 0 Å². The molecule has 0 radical (unpaired) electrons. The van der Waals surface area contributed by atoms with Crippen LogP contribution >= 0.6 is 0 Å². The van der Waals surface area contributed by atoms with Crippen molar-refractivity contribution in [3.05, 3.63) is 47.3 Å². The first-order valence-corrected chi connectivity index (χ1v) is 6.80. The fourth-order valence-corrected chi connectivity index (χ4v) is 2.05. The number of aryl methyl sites for hydroxylation is 1. The van der Waals surface area contributed by atoms with Crippen molar-refractivity contribution in [1.82, 2.24) is 0 Å². The second-order valence-corrected chi connectivity index (χ2v) is 4.59. The molecule has 0 amide bonds. The predicted molar refractivity (Wildman–Crippen MR) is 73.9 cm³/mol. The first kappa shape index (κ1) is 13.8. The zero-order valence-corrected chi connectivity index (χ0v) is 10.7. The van der Waals surface area contributed by atoms with E-state index in [1.165, 1.54) is 50.5 Å². The minimum atomic E-state index is 0.716. The van der Waals surface area contributed by atoms with Crippen LogP contribution in [0.1, 0.15) is 50.5 Å². The van der Waals surface area contributed by atoms with Crippen LogP contribution in [0.2, 0.25) is 0 Å². The molecule has 0 aliphatic heterocycles. The van der Waals surface area contributed by atoms with Gasteiger partial charge in [-0.1, -0.05) is 56.0 Å². The highest BCUT2D eigenvalue weighted by Gasteiger charge is 1.94. The Balaban J connectivity index is 1.87. The lowest BCUT2D eigenvalue weighted by molar-refractivity contribution is 0.587. The topological polar surface area (TPSA) is 4.36 Å². The largest absolute Gasteiger partial charge is 0.317 e. The van der Waals surface area contributed by atoms with Gasteiger partial charge in [-0.3, -0.25) is 0 Å². The van der Waals surface area contributed by atoms with Gasteiger partial charge < -0.3 is 4.85 Å².